The predicted molar refractivity (Wildman–Crippen MR) is 82.5 cm³/mol. The van der Waals surface area contributed by atoms with Crippen LogP contribution in [-0.2, 0) is 0 Å². The zero-order chi connectivity index (χ0) is 13.7. The summed E-state index contributed by atoms with van der Waals surface area (Å²) >= 11 is 0. The van der Waals surface area contributed by atoms with E-state index in [0.29, 0.717) is 18.4 Å². The first kappa shape index (κ1) is 13.8. The molecule has 0 spiro atoms. The van der Waals surface area contributed by atoms with E-state index in [9.17, 15) is 0 Å². The van der Waals surface area contributed by atoms with Gasteiger partial charge in [0, 0.05) is 12.5 Å². The van der Waals surface area contributed by atoms with Crippen molar-refractivity contribution in [2.24, 2.45) is 5.73 Å². The molecule has 2 N–H and O–H groups in total. The van der Waals surface area contributed by atoms with E-state index in [-0.39, 0.29) is 0 Å². The second-order valence-corrected chi connectivity index (χ2v) is 5.17. The Balaban J connectivity index is 2.25. The molecule has 0 bridgehead atoms. The van der Waals surface area contributed by atoms with Crippen LogP contribution in [0.2, 0.25) is 0 Å². The number of nitrogens with two attached hydrogens (primary N) is 1. The molecule has 1 nitrogen and oxygen atoms in total. The molecule has 0 heterocycles. The van der Waals surface area contributed by atoms with Crippen LogP contribution in [-0.4, -0.2) is 6.54 Å². The van der Waals surface area contributed by atoms with Gasteiger partial charge in [-0.25, -0.2) is 0 Å². The maximum Gasteiger partial charge on any atom is 0.0212 e. The van der Waals surface area contributed by atoms with Crippen molar-refractivity contribution in [1.29, 1.82) is 0 Å². The molecule has 0 radical (unpaired) electrons. The Morgan fingerprint density at radius 1 is 0.842 bits per heavy atom. The van der Waals surface area contributed by atoms with Crippen LogP contribution >= 0.6 is 0 Å². The van der Waals surface area contributed by atoms with Gasteiger partial charge in [-0.2, -0.15) is 0 Å². The third-order valence-electron chi connectivity index (χ3n) is 3.96. The monoisotopic (exact) mass is 253 g/mol. The summed E-state index contributed by atoms with van der Waals surface area (Å²) in [7, 11) is 0. The second-order valence-electron chi connectivity index (χ2n) is 5.17. The smallest absolute Gasteiger partial charge is 0.0212 e. The molecule has 2 aromatic rings. The third-order valence-corrected chi connectivity index (χ3v) is 3.96. The molecule has 0 saturated carbocycles. The minimum absolute atomic E-state index is 0.298. The zero-order valence-electron chi connectivity index (χ0n) is 11.8. The van der Waals surface area contributed by atoms with Crippen LogP contribution in [0.1, 0.15) is 48.8 Å². The van der Waals surface area contributed by atoms with E-state index in [0.717, 1.165) is 0 Å². The van der Waals surface area contributed by atoms with Crippen molar-refractivity contribution in [2.75, 3.05) is 6.54 Å². The Kier molecular flexibility index (Phi) is 4.75. The summed E-state index contributed by atoms with van der Waals surface area (Å²) in [5.74, 6) is 0.925. The van der Waals surface area contributed by atoms with Crippen molar-refractivity contribution >= 4 is 0 Å². The van der Waals surface area contributed by atoms with E-state index in [2.05, 4.69) is 62.4 Å². The summed E-state index contributed by atoms with van der Waals surface area (Å²) in [5, 5.41) is 0. The zero-order valence-corrected chi connectivity index (χ0v) is 11.8. The highest BCUT2D eigenvalue weighted by atomic mass is 14.5. The lowest BCUT2D eigenvalue weighted by Crippen LogP contribution is -2.13. The molecule has 100 valence electrons. The van der Waals surface area contributed by atoms with Gasteiger partial charge in [-0.3, -0.25) is 0 Å². The largest absolute Gasteiger partial charge is 0.330 e. The van der Waals surface area contributed by atoms with Gasteiger partial charge in [0.15, 0.2) is 0 Å². The van der Waals surface area contributed by atoms with Crippen LogP contribution < -0.4 is 5.73 Å². The molecular formula is C18H23N. The number of benzene rings is 2. The van der Waals surface area contributed by atoms with Gasteiger partial charge < -0.3 is 5.73 Å². The highest BCUT2D eigenvalue weighted by molar-refractivity contribution is 5.35. The van der Waals surface area contributed by atoms with Crippen LogP contribution in [0.15, 0.2) is 54.6 Å². The second kappa shape index (κ2) is 6.53. The van der Waals surface area contributed by atoms with Crippen molar-refractivity contribution in [2.45, 2.75) is 32.1 Å². The molecule has 0 aromatic heterocycles. The van der Waals surface area contributed by atoms with E-state index in [1.807, 2.05) is 6.07 Å². The van der Waals surface area contributed by atoms with Gasteiger partial charge in [-0.05, 0) is 29.0 Å². The van der Waals surface area contributed by atoms with E-state index in [4.69, 9.17) is 5.73 Å². The van der Waals surface area contributed by atoms with Crippen molar-refractivity contribution in [1.82, 2.24) is 0 Å². The maximum absolute atomic E-state index is 5.96. The average molecular weight is 253 g/mol. The molecule has 19 heavy (non-hydrogen) atoms. The fraction of sp³-hybridized carbons (Fsp3) is 0.333. The quantitative estimate of drug-likeness (QED) is 0.845. The SMILES string of the molecule is CCC(C)c1ccc(C(CN)c2ccccc2)cc1. The third kappa shape index (κ3) is 3.24. The van der Waals surface area contributed by atoms with Crippen LogP contribution in [0.4, 0.5) is 0 Å². The first-order valence-electron chi connectivity index (χ1n) is 7.11. The van der Waals surface area contributed by atoms with Gasteiger partial charge in [-0.15, -0.1) is 0 Å². The fourth-order valence-corrected chi connectivity index (χ4v) is 2.44. The molecule has 0 amide bonds. The Bertz CT molecular complexity index is 487. The molecule has 0 aliphatic heterocycles. The first-order chi connectivity index (χ1) is 9.26. The van der Waals surface area contributed by atoms with Gasteiger partial charge in [-0.1, -0.05) is 68.4 Å². The first-order valence-corrected chi connectivity index (χ1v) is 7.11. The van der Waals surface area contributed by atoms with Crippen molar-refractivity contribution in [3.05, 3.63) is 71.3 Å². The maximum atomic E-state index is 5.96. The lowest BCUT2D eigenvalue weighted by molar-refractivity contribution is 0.731. The van der Waals surface area contributed by atoms with Gasteiger partial charge in [0.25, 0.3) is 0 Å². The summed E-state index contributed by atoms with van der Waals surface area (Å²) < 4.78 is 0. The molecular weight excluding hydrogens is 230 g/mol. The molecule has 0 aliphatic carbocycles. The Morgan fingerprint density at radius 2 is 1.37 bits per heavy atom. The van der Waals surface area contributed by atoms with Crippen LogP contribution in [0.5, 0.6) is 0 Å². The molecule has 2 atom stereocenters. The summed E-state index contributed by atoms with van der Waals surface area (Å²) in [5.41, 5.74) is 9.97. The van der Waals surface area contributed by atoms with Gasteiger partial charge in [0.05, 0.1) is 0 Å². The van der Waals surface area contributed by atoms with E-state index in [1.54, 1.807) is 0 Å². The standard InChI is InChI=1S/C18H23N/c1-3-14(2)15-9-11-17(12-10-15)18(13-19)16-7-5-4-6-8-16/h4-12,14,18H,3,13,19H2,1-2H3. The van der Waals surface area contributed by atoms with Gasteiger partial charge >= 0.3 is 0 Å². The van der Waals surface area contributed by atoms with Crippen molar-refractivity contribution in [3.63, 3.8) is 0 Å². The van der Waals surface area contributed by atoms with Crippen LogP contribution in [0.3, 0.4) is 0 Å². The van der Waals surface area contributed by atoms with Crippen LogP contribution in [0.25, 0.3) is 0 Å². The lowest BCUT2D eigenvalue weighted by Gasteiger charge is -2.17. The Hall–Kier alpha value is -1.60. The number of hydrogen-bond acceptors (Lipinski definition) is 1. The molecule has 0 fully saturated rings. The molecule has 2 rings (SSSR count). The molecule has 0 saturated heterocycles. The minimum Gasteiger partial charge on any atom is -0.330 e. The Morgan fingerprint density at radius 3 is 1.89 bits per heavy atom. The highest BCUT2D eigenvalue weighted by Gasteiger charge is 2.12. The van der Waals surface area contributed by atoms with E-state index < -0.39 is 0 Å². The van der Waals surface area contributed by atoms with Gasteiger partial charge in [0.2, 0.25) is 0 Å². The fourth-order valence-electron chi connectivity index (χ4n) is 2.44. The molecule has 2 unspecified atom stereocenters. The van der Waals surface area contributed by atoms with Gasteiger partial charge in [0.1, 0.15) is 0 Å². The predicted octanol–water partition coefficient (Wildman–Crippen LogP) is 4.29. The topological polar surface area (TPSA) is 26.0 Å². The van der Waals surface area contributed by atoms with Crippen molar-refractivity contribution in [3.8, 4) is 0 Å². The molecule has 2 aromatic carbocycles. The average Bonchev–Trinajstić information content (AvgIpc) is 2.49. The van der Waals surface area contributed by atoms with Crippen molar-refractivity contribution < 1.29 is 0 Å². The van der Waals surface area contributed by atoms with E-state index >= 15 is 0 Å². The minimum atomic E-state index is 0.298. The highest BCUT2D eigenvalue weighted by Crippen LogP contribution is 2.26. The Labute approximate surface area is 116 Å². The normalized spacial score (nSPS) is 14.1. The lowest BCUT2D eigenvalue weighted by atomic mass is 9.89. The summed E-state index contributed by atoms with van der Waals surface area (Å²) in [6, 6.07) is 19.4. The summed E-state index contributed by atoms with van der Waals surface area (Å²) in [4.78, 5) is 0. The number of hydrogen-bond donors (Lipinski definition) is 1. The van der Waals surface area contributed by atoms with Crippen LogP contribution in [0, 0.1) is 0 Å². The summed E-state index contributed by atoms with van der Waals surface area (Å²) in [6.45, 7) is 5.14. The number of rotatable bonds is 5. The van der Waals surface area contributed by atoms with E-state index in [1.165, 1.54) is 23.1 Å². The summed E-state index contributed by atoms with van der Waals surface area (Å²) in [6.07, 6.45) is 1.18. The molecule has 1 heteroatoms. The molecule has 0 aliphatic rings.